The highest BCUT2D eigenvalue weighted by molar-refractivity contribution is 7.18. The summed E-state index contributed by atoms with van der Waals surface area (Å²) in [6.45, 7) is 0. The Balaban J connectivity index is 1.78. The predicted molar refractivity (Wildman–Crippen MR) is 97.3 cm³/mol. The van der Waals surface area contributed by atoms with Crippen molar-refractivity contribution < 1.29 is 0 Å². The van der Waals surface area contributed by atoms with Gasteiger partial charge in [-0.2, -0.15) is 5.26 Å². The van der Waals surface area contributed by atoms with Crippen LogP contribution < -0.4 is 5.32 Å². The normalized spacial score (nSPS) is 10.5. The molecule has 24 heavy (non-hydrogen) atoms. The number of hydrogen-bond acceptors (Lipinski definition) is 5. The van der Waals surface area contributed by atoms with Gasteiger partial charge in [-0.15, -0.1) is 11.3 Å². The minimum atomic E-state index is 0.612. The smallest absolute Gasteiger partial charge is 0.151 e. The van der Waals surface area contributed by atoms with Crippen LogP contribution in [0.3, 0.4) is 0 Å². The number of aromatic nitrogens is 2. The fourth-order valence-corrected chi connectivity index (χ4v) is 3.54. The molecule has 4 nitrogen and oxygen atoms in total. The fraction of sp³-hybridized carbons (Fsp3) is 0. The zero-order valence-corrected chi connectivity index (χ0v) is 13.4. The van der Waals surface area contributed by atoms with E-state index in [0.717, 1.165) is 32.8 Å². The molecule has 0 radical (unpaired) electrons. The maximum Gasteiger partial charge on any atom is 0.151 e. The van der Waals surface area contributed by atoms with Gasteiger partial charge < -0.3 is 5.32 Å². The Kier molecular flexibility index (Phi) is 3.66. The van der Waals surface area contributed by atoms with Gasteiger partial charge in [-0.1, -0.05) is 36.4 Å². The lowest BCUT2D eigenvalue weighted by molar-refractivity contribution is 1.23. The molecule has 0 bridgehead atoms. The molecule has 0 unspecified atom stereocenters. The van der Waals surface area contributed by atoms with Gasteiger partial charge in [-0.25, -0.2) is 9.97 Å². The highest BCUT2D eigenvalue weighted by atomic mass is 32.1. The van der Waals surface area contributed by atoms with Gasteiger partial charge in [0.1, 0.15) is 6.33 Å². The van der Waals surface area contributed by atoms with Crippen molar-refractivity contribution in [2.75, 3.05) is 5.32 Å². The summed E-state index contributed by atoms with van der Waals surface area (Å²) >= 11 is 1.61. The highest BCUT2D eigenvalue weighted by Crippen LogP contribution is 2.36. The number of benzene rings is 2. The second kappa shape index (κ2) is 6.11. The van der Waals surface area contributed by atoms with Crippen LogP contribution in [0.5, 0.6) is 0 Å². The molecule has 2 aromatic carbocycles. The topological polar surface area (TPSA) is 61.6 Å². The summed E-state index contributed by atoms with van der Waals surface area (Å²) < 4.78 is 0.999. The molecule has 0 atom stereocenters. The van der Waals surface area contributed by atoms with E-state index in [1.807, 2.05) is 30.3 Å². The second-order valence-corrected chi connectivity index (χ2v) is 6.11. The first-order valence-electron chi connectivity index (χ1n) is 7.40. The number of nitrogens with one attached hydrogen (secondary N) is 1. The monoisotopic (exact) mass is 328 g/mol. The molecular formula is C19H12N4S. The van der Waals surface area contributed by atoms with Crippen molar-refractivity contribution in [2.24, 2.45) is 0 Å². The van der Waals surface area contributed by atoms with Crippen LogP contribution in [0, 0.1) is 11.3 Å². The third-order valence-electron chi connectivity index (χ3n) is 3.69. The summed E-state index contributed by atoms with van der Waals surface area (Å²) in [6.07, 6.45) is 1.57. The van der Waals surface area contributed by atoms with E-state index >= 15 is 0 Å². The maximum absolute atomic E-state index is 9.03. The van der Waals surface area contributed by atoms with Crippen LogP contribution in [0.15, 0.2) is 66.3 Å². The number of thiophene rings is 1. The zero-order valence-electron chi connectivity index (χ0n) is 12.6. The molecule has 5 heteroatoms. The van der Waals surface area contributed by atoms with Crippen molar-refractivity contribution in [3.63, 3.8) is 0 Å². The van der Waals surface area contributed by atoms with Crippen LogP contribution >= 0.6 is 11.3 Å². The van der Waals surface area contributed by atoms with Gasteiger partial charge in [0.25, 0.3) is 0 Å². The van der Waals surface area contributed by atoms with Crippen molar-refractivity contribution in [3.05, 3.63) is 71.9 Å². The molecule has 0 aliphatic rings. The number of anilines is 2. The first-order valence-corrected chi connectivity index (χ1v) is 8.28. The van der Waals surface area contributed by atoms with Crippen molar-refractivity contribution in [2.45, 2.75) is 0 Å². The Bertz CT molecular complexity index is 1050. The Morgan fingerprint density at radius 1 is 1.00 bits per heavy atom. The molecule has 4 rings (SSSR count). The standard InChI is InChI=1S/C19H12N4S/c20-10-13-5-4-8-15(9-13)23-19-18-17(21-12-22-19)16(11-24-18)14-6-2-1-3-7-14/h1-9,11-12H,(H,21,22,23). The molecule has 0 aliphatic carbocycles. The summed E-state index contributed by atoms with van der Waals surface area (Å²) in [5.41, 5.74) is 4.62. The lowest BCUT2D eigenvalue weighted by atomic mass is 10.1. The largest absolute Gasteiger partial charge is 0.339 e. The molecule has 0 spiro atoms. The molecule has 4 aromatic rings. The summed E-state index contributed by atoms with van der Waals surface area (Å²) in [5.74, 6) is 0.752. The van der Waals surface area contributed by atoms with Gasteiger partial charge in [0.15, 0.2) is 5.82 Å². The van der Waals surface area contributed by atoms with E-state index in [2.05, 4.69) is 38.9 Å². The summed E-state index contributed by atoms with van der Waals surface area (Å²) in [4.78, 5) is 8.83. The van der Waals surface area contributed by atoms with Gasteiger partial charge in [0, 0.05) is 16.6 Å². The van der Waals surface area contributed by atoms with E-state index in [4.69, 9.17) is 5.26 Å². The summed E-state index contributed by atoms with van der Waals surface area (Å²) in [7, 11) is 0. The van der Waals surface area contributed by atoms with Crippen molar-refractivity contribution in [1.29, 1.82) is 5.26 Å². The third-order valence-corrected chi connectivity index (χ3v) is 4.67. The number of rotatable bonds is 3. The SMILES string of the molecule is N#Cc1cccc(Nc2ncnc3c(-c4ccccc4)csc23)c1. The van der Waals surface area contributed by atoms with Crippen LogP contribution in [-0.4, -0.2) is 9.97 Å². The van der Waals surface area contributed by atoms with E-state index in [1.54, 1.807) is 29.8 Å². The van der Waals surface area contributed by atoms with Crippen LogP contribution in [0.2, 0.25) is 0 Å². The molecule has 0 amide bonds. The number of nitriles is 1. The predicted octanol–water partition coefficient (Wildman–Crippen LogP) is 4.97. The van der Waals surface area contributed by atoms with E-state index < -0.39 is 0 Å². The molecule has 0 aliphatic heterocycles. The molecule has 2 aromatic heterocycles. The number of fused-ring (bicyclic) bond motifs is 1. The summed E-state index contributed by atoms with van der Waals surface area (Å²) in [6, 6.07) is 19.7. The van der Waals surface area contributed by atoms with Crippen LogP contribution in [0.25, 0.3) is 21.3 Å². The van der Waals surface area contributed by atoms with Crippen LogP contribution in [0.4, 0.5) is 11.5 Å². The maximum atomic E-state index is 9.03. The van der Waals surface area contributed by atoms with Gasteiger partial charge in [-0.05, 0) is 23.8 Å². The quantitative estimate of drug-likeness (QED) is 0.576. The Hall–Kier alpha value is -3.23. The third kappa shape index (κ3) is 2.60. The van der Waals surface area contributed by atoms with E-state index in [1.165, 1.54) is 0 Å². The lowest BCUT2D eigenvalue weighted by Crippen LogP contribution is -1.95. The van der Waals surface area contributed by atoms with E-state index in [-0.39, 0.29) is 0 Å². The molecule has 114 valence electrons. The molecule has 0 fully saturated rings. The Labute approximate surface area is 143 Å². The molecule has 1 N–H and O–H groups in total. The van der Waals surface area contributed by atoms with Crippen molar-refractivity contribution in [3.8, 4) is 17.2 Å². The van der Waals surface area contributed by atoms with Gasteiger partial charge in [0.05, 0.1) is 21.8 Å². The minimum Gasteiger partial charge on any atom is -0.339 e. The average Bonchev–Trinajstić information content (AvgIpc) is 3.08. The van der Waals surface area contributed by atoms with Gasteiger partial charge >= 0.3 is 0 Å². The Morgan fingerprint density at radius 2 is 1.88 bits per heavy atom. The van der Waals surface area contributed by atoms with Crippen LogP contribution in [-0.2, 0) is 0 Å². The van der Waals surface area contributed by atoms with Gasteiger partial charge in [0.2, 0.25) is 0 Å². The van der Waals surface area contributed by atoms with Gasteiger partial charge in [-0.3, -0.25) is 0 Å². The molecular weight excluding hydrogens is 316 g/mol. The Morgan fingerprint density at radius 3 is 2.71 bits per heavy atom. The molecule has 2 heterocycles. The summed E-state index contributed by atoms with van der Waals surface area (Å²) in [5, 5.41) is 14.4. The number of nitrogens with zero attached hydrogens (tertiary/aromatic N) is 3. The second-order valence-electron chi connectivity index (χ2n) is 5.23. The van der Waals surface area contributed by atoms with Crippen LogP contribution in [0.1, 0.15) is 5.56 Å². The first kappa shape index (κ1) is 14.4. The first-order chi connectivity index (χ1) is 11.8. The number of hydrogen-bond donors (Lipinski definition) is 1. The van der Waals surface area contributed by atoms with E-state index in [9.17, 15) is 0 Å². The molecule has 0 saturated carbocycles. The van der Waals surface area contributed by atoms with Crippen molar-refractivity contribution >= 4 is 33.1 Å². The average molecular weight is 328 g/mol. The highest BCUT2D eigenvalue weighted by Gasteiger charge is 2.12. The molecule has 0 saturated heterocycles. The van der Waals surface area contributed by atoms with E-state index in [0.29, 0.717) is 5.56 Å². The minimum absolute atomic E-state index is 0.612. The zero-order chi connectivity index (χ0) is 16.4. The lowest BCUT2D eigenvalue weighted by Gasteiger charge is -2.06. The van der Waals surface area contributed by atoms with Crippen molar-refractivity contribution in [1.82, 2.24) is 9.97 Å². The fourth-order valence-electron chi connectivity index (χ4n) is 2.57.